The number of amides is 1. The molecule has 19 heavy (non-hydrogen) atoms. The normalized spacial score (nSPS) is 10.6. The van der Waals surface area contributed by atoms with Gasteiger partial charge in [0.1, 0.15) is 0 Å². The van der Waals surface area contributed by atoms with E-state index in [1.807, 2.05) is 47.8 Å². The molecule has 5 heteroatoms. The molecule has 0 bridgehead atoms. The Balaban J connectivity index is 1.81. The molecule has 2 rings (SSSR count). The van der Waals surface area contributed by atoms with E-state index in [1.165, 1.54) is 0 Å². The SMILES string of the molecule is CN(C(=O)CON=Cc1cccs1)c1ccccc1. The Bertz CT molecular complexity index is 538. The predicted molar refractivity (Wildman–Crippen MR) is 77.7 cm³/mol. The van der Waals surface area contributed by atoms with Gasteiger partial charge in [0.25, 0.3) is 5.91 Å². The van der Waals surface area contributed by atoms with Crippen LogP contribution in [0.3, 0.4) is 0 Å². The van der Waals surface area contributed by atoms with Crippen molar-refractivity contribution < 1.29 is 9.63 Å². The van der Waals surface area contributed by atoms with Gasteiger partial charge in [-0.2, -0.15) is 0 Å². The van der Waals surface area contributed by atoms with Gasteiger partial charge in [-0.25, -0.2) is 0 Å². The maximum absolute atomic E-state index is 11.8. The van der Waals surface area contributed by atoms with Crippen molar-refractivity contribution >= 4 is 29.1 Å². The Morgan fingerprint density at radius 3 is 2.79 bits per heavy atom. The molecule has 1 heterocycles. The van der Waals surface area contributed by atoms with Crippen LogP contribution >= 0.6 is 11.3 Å². The molecular weight excluding hydrogens is 260 g/mol. The van der Waals surface area contributed by atoms with Crippen molar-refractivity contribution in [3.63, 3.8) is 0 Å². The fourth-order valence-electron chi connectivity index (χ4n) is 1.44. The van der Waals surface area contributed by atoms with Gasteiger partial charge < -0.3 is 9.74 Å². The molecule has 2 aromatic rings. The molecule has 4 nitrogen and oxygen atoms in total. The highest BCUT2D eigenvalue weighted by Crippen LogP contribution is 2.11. The molecule has 1 amide bonds. The zero-order chi connectivity index (χ0) is 13.5. The smallest absolute Gasteiger partial charge is 0.267 e. The van der Waals surface area contributed by atoms with E-state index in [2.05, 4.69) is 5.16 Å². The molecule has 1 aromatic heterocycles. The molecule has 0 saturated heterocycles. The summed E-state index contributed by atoms with van der Waals surface area (Å²) in [5.41, 5.74) is 0.832. The van der Waals surface area contributed by atoms with Crippen molar-refractivity contribution in [3.8, 4) is 0 Å². The summed E-state index contributed by atoms with van der Waals surface area (Å²) >= 11 is 1.56. The Labute approximate surface area is 115 Å². The standard InChI is InChI=1S/C14H14N2O2S/c1-16(12-6-3-2-4-7-12)14(17)11-18-15-10-13-8-5-9-19-13/h2-10H,11H2,1H3. The Morgan fingerprint density at radius 2 is 2.11 bits per heavy atom. The number of anilines is 1. The zero-order valence-electron chi connectivity index (χ0n) is 10.5. The lowest BCUT2D eigenvalue weighted by molar-refractivity contribution is -0.122. The Kier molecular flexibility index (Phi) is 4.69. The first kappa shape index (κ1) is 13.3. The lowest BCUT2D eigenvalue weighted by Gasteiger charge is -2.16. The topological polar surface area (TPSA) is 41.9 Å². The monoisotopic (exact) mass is 274 g/mol. The molecule has 0 aliphatic rings. The summed E-state index contributed by atoms with van der Waals surface area (Å²) in [6.07, 6.45) is 1.60. The summed E-state index contributed by atoms with van der Waals surface area (Å²) in [5, 5.41) is 5.72. The minimum atomic E-state index is -0.144. The molecule has 0 aliphatic heterocycles. The summed E-state index contributed by atoms with van der Waals surface area (Å²) in [7, 11) is 1.71. The number of likely N-dealkylation sites (N-methyl/N-ethyl adjacent to an activating group) is 1. The van der Waals surface area contributed by atoms with E-state index < -0.39 is 0 Å². The zero-order valence-corrected chi connectivity index (χ0v) is 11.3. The van der Waals surface area contributed by atoms with E-state index >= 15 is 0 Å². The summed E-state index contributed by atoms with van der Waals surface area (Å²) in [6, 6.07) is 13.3. The quantitative estimate of drug-likeness (QED) is 0.621. The van der Waals surface area contributed by atoms with E-state index in [0.29, 0.717) is 0 Å². The molecule has 98 valence electrons. The van der Waals surface area contributed by atoms with Crippen molar-refractivity contribution in [2.75, 3.05) is 18.6 Å². The van der Waals surface area contributed by atoms with Gasteiger partial charge in [-0.3, -0.25) is 4.79 Å². The molecule has 1 aromatic carbocycles. The van der Waals surface area contributed by atoms with E-state index in [1.54, 1.807) is 29.5 Å². The van der Waals surface area contributed by atoms with Crippen molar-refractivity contribution in [2.24, 2.45) is 5.16 Å². The van der Waals surface area contributed by atoms with Crippen molar-refractivity contribution in [1.29, 1.82) is 0 Å². The van der Waals surface area contributed by atoms with Crippen LogP contribution in [0.4, 0.5) is 5.69 Å². The fraction of sp³-hybridized carbons (Fsp3) is 0.143. The first-order chi connectivity index (χ1) is 9.27. The highest BCUT2D eigenvalue weighted by atomic mass is 32.1. The Morgan fingerprint density at radius 1 is 1.32 bits per heavy atom. The van der Waals surface area contributed by atoms with Gasteiger partial charge in [0.15, 0.2) is 6.61 Å². The van der Waals surface area contributed by atoms with Crippen molar-refractivity contribution in [3.05, 3.63) is 52.7 Å². The van der Waals surface area contributed by atoms with Gasteiger partial charge in [0.05, 0.1) is 6.21 Å². The van der Waals surface area contributed by atoms with Crippen molar-refractivity contribution in [1.82, 2.24) is 0 Å². The first-order valence-electron chi connectivity index (χ1n) is 5.78. The second-order valence-corrected chi connectivity index (χ2v) is 4.79. The number of oxime groups is 1. The van der Waals surface area contributed by atoms with E-state index in [9.17, 15) is 4.79 Å². The van der Waals surface area contributed by atoms with Gasteiger partial charge in [-0.15, -0.1) is 11.3 Å². The second-order valence-electron chi connectivity index (χ2n) is 3.81. The van der Waals surface area contributed by atoms with E-state index in [4.69, 9.17) is 4.84 Å². The van der Waals surface area contributed by atoms with E-state index in [-0.39, 0.29) is 12.5 Å². The summed E-state index contributed by atoms with van der Waals surface area (Å²) < 4.78 is 0. The van der Waals surface area contributed by atoms with Gasteiger partial charge in [-0.05, 0) is 23.6 Å². The molecule has 0 unspecified atom stereocenters. The molecule has 0 spiro atoms. The minimum absolute atomic E-state index is 0.0761. The third-order valence-corrected chi connectivity index (χ3v) is 3.31. The number of rotatable bonds is 5. The predicted octanol–water partition coefficient (Wildman–Crippen LogP) is 2.76. The maximum Gasteiger partial charge on any atom is 0.267 e. The highest BCUT2D eigenvalue weighted by Gasteiger charge is 2.10. The first-order valence-corrected chi connectivity index (χ1v) is 6.66. The molecule has 0 fully saturated rings. The third kappa shape index (κ3) is 3.93. The van der Waals surface area contributed by atoms with Crippen molar-refractivity contribution in [2.45, 2.75) is 0 Å². The number of hydrogen-bond acceptors (Lipinski definition) is 4. The molecule has 0 atom stereocenters. The van der Waals surface area contributed by atoms with Crippen LogP contribution in [0, 0.1) is 0 Å². The minimum Gasteiger partial charge on any atom is -0.386 e. The number of benzene rings is 1. The number of carbonyl (C=O) groups excluding carboxylic acids is 1. The Hall–Kier alpha value is -2.14. The molecule has 0 saturated carbocycles. The summed E-state index contributed by atoms with van der Waals surface area (Å²) in [4.78, 5) is 19.4. The van der Waals surface area contributed by atoms with Crippen LogP contribution in [0.2, 0.25) is 0 Å². The lowest BCUT2D eigenvalue weighted by atomic mass is 10.3. The molecule has 0 radical (unpaired) electrons. The molecule has 0 N–H and O–H groups in total. The average Bonchev–Trinajstić information content (AvgIpc) is 2.96. The number of nitrogens with zero attached hydrogens (tertiary/aromatic N) is 2. The van der Waals surface area contributed by atoms with Gasteiger partial charge in [0, 0.05) is 17.6 Å². The van der Waals surface area contributed by atoms with Gasteiger partial charge >= 0.3 is 0 Å². The molecular formula is C14H14N2O2S. The van der Waals surface area contributed by atoms with Crippen LogP contribution in [0.5, 0.6) is 0 Å². The van der Waals surface area contributed by atoms with Crippen LogP contribution in [-0.2, 0) is 9.63 Å². The molecule has 0 aliphatic carbocycles. The summed E-state index contributed by atoms with van der Waals surface area (Å²) in [6.45, 7) is -0.0761. The largest absolute Gasteiger partial charge is 0.386 e. The number of para-hydroxylation sites is 1. The highest BCUT2D eigenvalue weighted by molar-refractivity contribution is 7.11. The number of carbonyl (C=O) groups is 1. The fourth-order valence-corrected chi connectivity index (χ4v) is 2.01. The number of thiophene rings is 1. The van der Waals surface area contributed by atoms with Crippen LogP contribution in [0.25, 0.3) is 0 Å². The number of hydrogen-bond donors (Lipinski definition) is 0. The van der Waals surface area contributed by atoms with Gasteiger partial charge in [0.2, 0.25) is 0 Å². The third-order valence-electron chi connectivity index (χ3n) is 2.50. The van der Waals surface area contributed by atoms with Crippen LogP contribution in [-0.4, -0.2) is 25.8 Å². The van der Waals surface area contributed by atoms with Gasteiger partial charge in [-0.1, -0.05) is 29.4 Å². The maximum atomic E-state index is 11.8. The average molecular weight is 274 g/mol. The van der Waals surface area contributed by atoms with Crippen LogP contribution in [0.15, 0.2) is 53.0 Å². The van der Waals surface area contributed by atoms with E-state index in [0.717, 1.165) is 10.6 Å². The second kappa shape index (κ2) is 6.70. The van der Waals surface area contributed by atoms with Crippen LogP contribution in [0.1, 0.15) is 4.88 Å². The van der Waals surface area contributed by atoms with Crippen LogP contribution < -0.4 is 4.90 Å². The lowest BCUT2D eigenvalue weighted by Crippen LogP contribution is -2.29. The summed E-state index contributed by atoms with van der Waals surface area (Å²) in [5.74, 6) is -0.144.